The minimum atomic E-state index is -0.198. The van der Waals surface area contributed by atoms with Gasteiger partial charge in [0.15, 0.2) is 5.78 Å². The molecule has 0 aliphatic rings. The van der Waals surface area contributed by atoms with E-state index in [1.807, 2.05) is 36.4 Å². The molecule has 2 rings (SSSR count). The van der Waals surface area contributed by atoms with Gasteiger partial charge >= 0.3 is 0 Å². The molecule has 168 valence electrons. The van der Waals surface area contributed by atoms with E-state index in [1.165, 1.54) is 22.8 Å². The van der Waals surface area contributed by atoms with Crippen LogP contribution in [0.4, 0.5) is 0 Å². The zero-order chi connectivity index (χ0) is 23.3. The van der Waals surface area contributed by atoms with E-state index in [0.717, 1.165) is 43.2 Å². The maximum absolute atomic E-state index is 12.4. The molecule has 2 nitrogen and oxygen atoms in total. The number of carbonyl (C=O) groups is 1. The van der Waals surface area contributed by atoms with Gasteiger partial charge in [0.1, 0.15) is 5.75 Å². The fourth-order valence-corrected chi connectivity index (χ4v) is 3.37. The normalized spacial score (nSPS) is 12.2. The minimum absolute atomic E-state index is 0.0335. The summed E-state index contributed by atoms with van der Waals surface area (Å²) in [7, 11) is 0. The highest BCUT2D eigenvalue weighted by Crippen LogP contribution is 2.21. The van der Waals surface area contributed by atoms with Gasteiger partial charge in [-0.1, -0.05) is 77.4 Å². The van der Waals surface area contributed by atoms with Crippen molar-refractivity contribution < 1.29 is 9.90 Å². The van der Waals surface area contributed by atoms with Crippen LogP contribution < -0.4 is 0 Å². The number of rotatable bonds is 11. The third kappa shape index (κ3) is 9.34. The van der Waals surface area contributed by atoms with Crippen LogP contribution in [-0.2, 0) is 6.42 Å². The number of phenols is 1. The molecule has 0 aliphatic heterocycles. The van der Waals surface area contributed by atoms with Crippen molar-refractivity contribution in [3.8, 4) is 5.75 Å². The van der Waals surface area contributed by atoms with Gasteiger partial charge in [-0.2, -0.15) is 0 Å². The number of aromatic hydroxyl groups is 1. The quantitative estimate of drug-likeness (QED) is 0.222. The van der Waals surface area contributed by atoms with E-state index in [9.17, 15) is 9.90 Å². The minimum Gasteiger partial charge on any atom is -0.507 e. The molecule has 0 aliphatic carbocycles. The molecular formula is C30H36O2. The summed E-state index contributed by atoms with van der Waals surface area (Å²) >= 11 is 0. The summed E-state index contributed by atoms with van der Waals surface area (Å²) in [5, 5.41) is 10.3. The first-order valence-electron chi connectivity index (χ1n) is 11.4. The summed E-state index contributed by atoms with van der Waals surface area (Å²) in [5.74, 6) is -0.164. The van der Waals surface area contributed by atoms with Crippen molar-refractivity contribution in [1.29, 1.82) is 0 Å². The highest BCUT2D eigenvalue weighted by molar-refractivity contribution is 6.08. The van der Waals surface area contributed by atoms with Crippen LogP contribution in [0.15, 0.2) is 89.6 Å². The van der Waals surface area contributed by atoms with Gasteiger partial charge in [-0.25, -0.2) is 0 Å². The lowest BCUT2D eigenvalue weighted by molar-refractivity contribution is 0.104. The van der Waals surface area contributed by atoms with Crippen LogP contribution in [0.5, 0.6) is 5.75 Å². The summed E-state index contributed by atoms with van der Waals surface area (Å²) < 4.78 is 0. The highest BCUT2D eigenvalue weighted by Gasteiger charge is 2.08. The van der Waals surface area contributed by atoms with Gasteiger partial charge in [-0.3, -0.25) is 4.79 Å². The number of allylic oxidation sites excluding steroid dienone is 7. The summed E-state index contributed by atoms with van der Waals surface area (Å²) in [6.07, 6.45) is 15.2. The van der Waals surface area contributed by atoms with Gasteiger partial charge in [0.2, 0.25) is 0 Å². The Morgan fingerprint density at radius 2 is 1.50 bits per heavy atom. The fourth-order valence-electron chi connectivity index (χ4n) is 3.37. The van der Waals surface area contributed by atoms with Crippen LogP contribution in [0.1, 0.15) is 74.9 Å². The maximum atomic E-state index is 12.4. The van der Waals surface area contributed by atoms with E-state index in [4.69, 9.17) is 0 Å². The second-order valence-corrected chi connectivity index (χ2v) is 8.62. The second-order valence-electron chi connectivity index (χ2n) is 8.62. The van der Waals surface area contributed by atoms with E-state index in [0.29, 0.717) is 5.56 Å². The SMILES string of the molecule is CC(C)=CCC/C(C)=C/CC/C(C)=C/Cc1ccc(C(=O)/C=C/c2ccccc2)c(O)c1. The summed E-state index contributed by atoms with van der Waals surface area (Å²) in [4.78, 5) is 12.4. The number of carbonyl (C=O) groups excluding carboxylic acids is 1. The van der Waals surface area contributed by atoms with Crippen molar-refractivity contribution in [2.75, 3.05) is 0 Å². The lowest BCUT2D eigenvalue weighted by atomic mass is 10.0. The van der Waals surface area contributed by atoms with Gasteiger partial charge in [0.25, 0.3) is 0 Å². The van der Waals surface area contributed by atoms with E-state index < -0.39 is 0 Å². The lowest BCUT2D eigenvalue weighted by Crippen LogP contribution is -1.96. The van der Waals surface area contributed by atoms with Crippen molar-refractivity contribution in [2.45, 2.75) is 59.8 Å². The molecule has 0 atom stereocenters. The first-order chi connectivity index (χ1) is 15.3. The van der Waals surface area contributed by atoms with Crippen molar-refractivity contribution in [1.82, 2.24) is 0 Å². The molecule has 0 bridgehead atoms. The Morgan fingerprint density at radius 1 is 0.844 bits per heavy atom. The average molecular weight is 429 g/mol. The number of hydrogen-bond acceptors (Lipinski definition) is 2. The smallest absolute Gasteiger partial charge is 0.189 e. The zero-order valence-corrected chi connectivity index (χ0v) is 19.9. The molecule has 0 heterocycles. The molecule has 0 amide bonds. The molecule has 0 aromatic heterocycles. The Balaban J connectivity index is 1.87. The Hall–Kier alpha value is -3.13. The molecule has 1 N–H and O–H groups in total. The molecule has 0 spiro atoms. The van der Waals surface area contributed by atoms with E-state index in [2.05, 4.69) is 45.9 Å². The Kier molecular flexibility index (Phi) is 10.5. The van der Waals surface area contributed by atoms with Crippen LogP contribution in [-0.4, -0.2) is 10.9 Å². The maximum Gasteiger partial charge on any atom is 0.189 e. The largest absolute Gasteiger partial charge is 0.507 e. The van der Waals surface area contributed by atoms with Crippen LogP contribution in [0.2, 0.25) is 0 Å². The summed E-state index contributed by atoms with van der Waals surface area (Å²) in [5.41, 5.74) is 6.44. The monoisotopic (exact) mass is 428 g/mol. The number of ketones is 1. The third-order valence-electron chi connectivity index (χ3n) is 5.36. The molecule has 0 unspecified atom stereocenters. The van der Waals surface area contributed by atoms with Gasteiger partial charge < -0.3 is 5.11 Å². The van der Waals surface area contributed by atoms with E-state index in [-0.39, 0.29) is 11.5 Å². The van der Waals surface area contributed by atoms with Crippen molar-refractivity contribution in [2.24, 2.45) is 0 Å². The predicted molar refractivity (Wildman–Crippen MR) is 137 cm³/mol. The average Bonchev–Trinajstić information content (AvgIpc) is 2.76. The molecule has 32 heavy (non-hydrogen) atoms. The van der Waals surface area contributed by atoms with Gasteiger partial charge in [-0.05, 0) is 89.1 Å². The number of benzene rings is 2. The van der Waals surface area contributed by atoms with Crippen molar-refractivity contribution >= 4 is 11.9 Å². The highest BCUT2D eigenvalue weighted by atomic mass is 16.3. The first kappa shape index (κ1) is 25.1. The zero-order valence-electron chi connectivity index (χ0n) is 19.9. The fraction of sp³-hybridized carbons (Fsp3) is 0.300. The van der Waals surface area contributed by atoms with Crippen LogP contribution >= 0.6 is 0 Å². The number of phenolic OH excluding ortho intramolecular Hbond substituents is 1. The van der Waals surface area contributed by atoms with Crippen LogP contribution in [0, 0.1) is 0 Å². The van der Waals surface area contributed by atoms with E-state index in [1.54, 1.807) is 18.2 Å². The Morgan fingerprint density at radius 3 is 2.16 bits per heavy atom. The standard InChI is InChI=1S/C30H36O2/c1-23(2)10-8-11-24(3)12-9-13-25(4)16-17-27-18-20-28(30(32)22-27)29(31)21-19-26-14-6-5-7-15-26/h5-7,10,12,14-16,18-22,32H,8-9,11,13,17H2,1-4H3/b21-19+,24-12+,25-16+. The summed E-state index contributed by atoms with van der Waals surface area (Å²) in [6, 6.07) is 15.0. The molecule has 0 radical (unpaired) electrons. The van der Waals surface area contributed by atoms with Crippen LogP contribution in [0.3, 0.4) is 0 Å². The molecule has 0 fully saturated rings. The van der Waals surface area contributed by atoms with E-state index >= 15 is 0 Å². The first-order valence-corrected chi connectivity index (χ1v) is 11.4. The third-order valence-corrected chi connectivity index (χ3v) is 5.36. The molecule has 2 aromatic rings. The Bertz CT molecular complexity index is 1000. The summed E-state index contributed by atoms with van der Waals surface area (Å²) in [6.45, 7) is 8.64. The second kappa shape index (κ2) is 13.3. The Labute approximate surface area is 193 Å². The van der Waals surface area contributed by atoms with Gasteiger partial charge in [-0.15, -0.1) is 0 Å². The van der Waals surface area contributed by atoms with Crippen molar-refractivity contribution in [3.05, 3.63) is 106 Å². The topological polar surface area (TPSA) is 37.3 Å². The molecule has 0 saturated heterocycles. The molecule has 2 heteroatoms. The molecule has 2 aromatic carbocycles. The molecule has 0 saturated carbocycles. The predicted octanol–water partition coefficient (Wildman–Crippen LogP) is 8.25. The van der Waals surface area contributed by atoms with Gasteiger partial charge in [0, 0.05) is 0 Å². The number of hydrogen-bond donors (Lipinski definition) is 1. The van der Waals surface area contributed by atoms with Crippen LogP contribution in [0.25, 0.3) is 6.08 Å². The van der Waals surface area contributed by atoms with Gasteiger partial charge in [0.05, 0.1) is 5.56 Å². The lowest BCUT2D eigenvalue weighted by Gasteiger charge is -2.05. The molecular weight excluding hydrogens is 392 g/mol. The van der Waals surface area contributed by atoms with Crippen molar-refractivity contribution in [3.63, 3.8) is 0 Å².